The third kappa shape index (κ3) is 39.8. The molecule has 0 aliphatic heterocycles. The zero-order chi connectivity index (χ0) is 42.4. The van der Waals surface area contributed by atoms with Gasteiger partial charge in [0.25, 0.3) is 0 Å². The maximum Gasteiger partial charge on any atom is 0.306 e. The van der Waals surface area contributed by atoms with Gasteiger partial charge < -0.3 is 20.3 Å². The van der Waals surface area contributed by atoms with Gasteiger partial charge in [-0.1, -0.05) is 221 Å². The summed E-state index contributed by atoms with van der Waals surface area (Å²) in [6.45, 7) is 6.25. The lowest BCUT2D eigenvalue weighted by molar-refractivity contribution is -0.150. The van der Waals surface area contributed by atoms with Crippen molar-refractivity contribution >= 4 is 11.9 Å². The average molecular weight is 808 g/mol. The van der Waals surface area contributed by atoms with Crippen molar-refractivity contribution in [1.82, 2.24) is 5.32 Å². The van der Waals surface area contributed by atoms with Crippen molar-refractivity contribution < 1.29 is 24.5 Å². The number of nitrogens with one attached hydrogen (secondary N) is 1. The highest BCUT2D eigenvalue weighted by molar-refractivity contribution is 5.77. The van der Waals surface area contributed by atoms with E-state index < -0.39 is 18.2 Å². The molecule has 1 amide bonds. The molecule has 6 heteroatoms. The Kier molecular flexibility index (Phi) is 42.8. The first kappa shape index (κ1) is 55.0. The number of allylic oxidation sites excluding steroid dienone is 13. The lowest BCUT2D eigenvalue weighted by Gasteiger charge is -2.24. The van der Waals surface area contributed by atoms with Crippen LogP contribution in [0, 0.1) is 0 Å². The number of hydrogen-bond acceptors (Lipinski definition) is 5. The molecule has 0 aliphatic carbocycles. The summed E-state index contributed by atoms with van der Waals surface area (Å²) in [7, 11) is 0. The van der Waals surface area contributed by atoms with E-state index in [9.17, 15) is 19.8 Å². The summed E-state index contributed by atoms with van der Waals surface area (Å²) in [5.41, 5.74) is 0. The standard InChI is InChI=1S/C52H89NO5/c1-4-7-10-13-16-19-22-23-24-25-26-27-30-33-36-39-42-45-52(57)58-48(43-40-37-34-31-28-20-17-14-11-8-5-2)46-51(56)53-49(47-54)50(55)44-41-38-35-32-29-21-18-15-12-9-6-3/h8,11,14,16-17,19-20,23-24,28,31,34,37,40,48-50,54-55H,4-7,9-10,12-13,15,18,21-22,25-27,29-30,32-33,35-36,38-39,41-47H2,1-3H3,(H,53,56)/b11-8+,17-14+,19-16-,24-23-,28-20-,34-31-,40-37+. The van der Waals surface area contributed by atoms with Gasteiger partial charge in [-0.05, 0) is 51.4 Å². The van der Waals surface area contributed by atoms with E-state index >= 15 is 0 Å². The predicted octanol–water partition coefficient (Wildman–Crippen LogP) is 14.0. The molecule has 3 unspecified atom stereocenters. The predicted molar refractivity (Wildman–Crippen MR) is 250 cm³/mol. The Morgan fingerprint density at radius 3 is 1.57 bits per heavy atom. The number of esters is 1. The first-order valence-corrected chi connectivity index (χ1v) is 23.9. The van der Waals surface area contributed by atoms with E-state index in [1.165, 1.54) is 103 Å². The first-order chi connectivity index (χ1) is 28.5. The lowest BCUT2D eigenvalue weighted by Crippen LogP contribution is -2.46. The van der Waals surface area contributed by atoms with Crippen LogP contribution in [0.5, 0.6) is 0 Å². The summed E-state index contributed by atoms with van der Waals surface area (Å²) in [6, 6.07) is -0.743. The smallest absolute Gasteiger partial charge is 0.306 e. The summed E-state index contributed by atoms with van der Waals surface area (Å²) in [4.78, 5) is 26.0. The average Bonchev–Trinajstić information content (AvgIpc) is 3.22. The van der Waals surface area contributed by atoms with Crippen molar-refractivity contribution in [3.8, 4) is 0 Å². The molecular formula is C52H89NO5. The third-order valence-corrected chi connectivity index (χ3v) is 10.3. The number of aliphatic hydroxyl groups is 2. The molecule has 0 saturated carbocycles. The van der Waals surface area contributed by atoms with E-state index in [1.54, 1.807) is 0 Å². The van der Waals surface area contributed by atoms with Crippen LogP contribution >= 0.6 is 0 Å². The molecule has 0 spiro atoms. The second-order valence-electron chi connectivity index (χ2n) is 15.9. The van der Waals surface area contributed by atoms with Gasteiger partial charge in [-0.25, -0.2) is 0 Å². The number of rotatable bonds is 41. The number of carbonyl (C=O) groups is 2. The topological polar surface area (TPSA) is 95.9 Å². The minimum atomic E-state index is -0.821. The van der Waals surface area contributed by atoms with E-state index in [4.69, 9.17) is 4.74 Å². The number of ether oxygens (including phenoxy) is 1. The Hall–Kier alpha value is -2.96. The van der Waals surface area contributed by atoms with Crippen LogP contribution in [0.2, 0.25) is 0 Å². The van der Waals surface area contributed by atoms with Gasteiger partial charge in [0.2, 0.25) is 5.91 Å². The number of amides is 1. The molecular weight excluding hydrogens is 719 g/mol. The SMILES string of the molecule is CC/C=C/C=C/C=C\C=C/C=C/CC(CC(=O)NC(CO)C(O)CCCCCCCCCCCCC)OC(=O)CCCCCCCCC/C=C\C/C=C\CCCCC. The molecule has 0 rings (SSSR count). The minimum Gasteiger partial charge on any atom is -0.461 e. The van der Waals surface area contributed by atoms with Crippen molar-refractivity contribution in [2.75, 3.05) is 6.61 Å². The fraction of sp³-hybridized carbons (Fsp3) is 0.692. The zero-order valence-corrected chi connectivity index (χ0v) is 37.6. The molecule has 3 atom stereocenters. The van der Waals surface area contributed by atoms with Crippen LogP contribution in [-0.2, 0) is 14.3 Å². The van der Waals surface area contributed by atoms with E-state index in [1.807, 2.05) is 54.7 Å². The van der Waals surface area contributed by atoms with E-state index in [2.05, 4.69) is 56.5 Å². The Bertz CT molecular complexity index is 1130. The number of hydrogen-bond donors (Lipinski definition) is 3. The fourth-order valence-corrected chi connectivity index (χ4v) is 6.72. The van der Waals surface area contributed by atoms with Gasteiger partial charge in [0, 0.05) is 12.8 Å². The molecule has 332 valence electrons. The largest absolute Gasteiger partial charge is 0.461 e. The van der Waals surface area contributed by atoms with E-state index in [-0.39, 0.29) is 24.9 Å². The van der Waals surface area contributed by atoms with Crippen LogP contribution in [0.15, 0.2) is 85.1 Å². The van der Waals surface area contributed by atoms with E-state index in [0.717, 1.165) is 57.8 Å². The Balaban J connectivity index is 4.69. The van der Waals surface area contributed by atoms with Crippen molar-refractivity contribution in [1.29, 1.82) is 0 Å². The molecule has 0 heterocycles. The van der Waals surface area contributed by atoms with Gasteiger partial charge >= 0.3 is 5.97 Å². The van der Waals surface area contributed by atoms with Gasteiger partial charge in [-0.3, -0.25) is 9.59 Å². The normalized spacial score (nSPS) is 14.1. The molecule has 0 radical (unpaired) electrons. The van der Waals surface area contributed by atoms with E-state index in [0.29, 0.717) is 19.3 Å². The fourth-order valence-electron chi connectivity index (χ4n) is 6.72. The number of unbranched alkanes of at least 4 members (excludes halogenated alkanes) is 20. The molecule has 0 aromatic heterocycles. The van der Waals surface area contributed by atoms with Crippen molar-refractivity contribution in [2.24, 2.45) is 0 Å². The highest BCUT2D eigenvalue weighted by atomic mass is 16.5. The van der Waals surface area contributed by atoms with Gasteiger partial charge in [-0.15, -0.1) is 0 Å². The minimum absolute atomic E-state index is 0.0254. The van der Waals surface area contributed by atoms with Crippen molar-refractivity contribution in [2.45, 2.75) is 225 Å². The summed E-state index contributed by atoms with van der Waals surface area (Å²) in [6.07, 6.45) is 58.1. The number of aliphatic hydroxyl groups excluding tert-OH is 2. The van der Waals surface area contributed by atoms with Gasteiger partial charge in [0.05, 0.1) is 25.2 Å². The summed E-state index contributed by atoms with van der Waals surface area (Å²) in [5, 5.41) is 23.6. The monoisotopic (exact) mass is 808 g/mol. The highest BCUT2D eigenvalue weighted by Crippen LogP contribution is 2.16. The molecule has 0 aromatic rings. The molecule has 0 aromatic carbocycles. The summed E-state index contributed by atoms with van der Waals surface area (Å²) in [5.74, 6) is -0.623. The second-order valence-corrected chi connectivity index (χ2v) is 15.9. The maximum atomic E-state index is 13.1. The number of carbonyl (C=O) groups excluding carboxylic acids is 2. The zero-order valence-electron chi connectivity index (χ0n) is 37.6. The molecule has 3 N–H and O–H groups in total. The first-order valence-electron chi connectivity index (χ1n) is 23.9. The van der Waals surface area contributed by atoms with Gasteiger partial charge in [0.1, 0.15) is 6.10 Å². The quantitative estimate of drug-likeness (QED) is 0.0247. The summed E-state index contributed by atoms with van der Waals surface area (Å²) >= 11 is 0. The van der Waals surface area contributed by atoms with Crippen LogP contribution in [0.4, 0.5) is 0 Å². The Labute approximate surface area is 357 Å². The van der Waals surface area contributed by atoms with Crippen LogP contribution in [0.25, 0.3) is 0 Å². The maximum absolute atomic E-state index is 13.1. The van der Waals surface area contributed by atoms with Crippen molar-refractivity contribution in [3.63, 3.8) is 0 Å². The Morgan fingerprint density at radius 1 is 0.552 bits per heavy atom. The van der Waals surface area contributed by atoms with Crippen LogP contribution in [-0.4, -0.2) is 46.9 Å². The second kappa shape index (κ2) is 45.1. The van der Waals surface area contributed by atoms with Crippen LogP contribution in [0.1, 0.15) is 207 Å². The van der Waals surface area contributed by atoms with Gasteiger partial charge in [-0.2, -0.15) is 0 Å². The molecule has 0 bridgehead atoms. The molecule has 0 saturated heterocycles. The molecule has 0 aliphatic rings. The van der Waals surface area contributed by atoms with Crippen molar-refractivity contribution in [3.05, 3.63) is 85.1 Å². The lowest BCUT2D eigenvalue weighted by atomic mass is 10.0. The molecule has 0 fully saturated rings. The van der Waals surface area contributed by atoms with Crippen LogP contribution in [0.3, 0.4) is 0 Å². The Morgan fingerprint density at radius 2 is 1.02 bits per heavy atom. The molecule has 6 nitrogen and oxygen atoms in total. The third-order valence-electron chi connectivity index (χ3n) is 10.3. The summed E-state index contributed by atoms with van der Waals surface area (Å²) < 4.78 is 5.82. The highest BCUT2D eigenvalue weighted by Gasteiger charge is 2.23. The van der Waals surface area contributed by atoms with Gasteiger partial charge in [0.15, 0.2) is 0 Å². The van der Waals surface area contributed by atoms with Crippen LogP contribution < -0.4 is 5.32 Å². The molecule has 58 heavy (non-hydrogen) atoms.